The lowest BCUT2D eigenvalue weighted by Gasteiger charge is -2.36. The minimum absolute atomic E-state index is 0.252. The third-order valence-electron chi connectivity index (χ3n) is 3.24. The minimum Gasteiger partial charge on any atom is -0.394 e. The maximum atomic E-state index is 9.66. The van der Waals surface area contributed by atoms with E-state index < -0.39 is 55.8 Å². The first-order valence-corrected chi connectivity index (χ1v) is 5.89. The first-order chi connectivity index (χ1) is 8.95. The number of ether oxygens (including phenoxy) is 3. The number of aliphatic hydroxyl groups excluding tert-OH is 6. The summed E-state index contributed by atoms with van der Waals surface area (Å²) in [5, 5.41) is 56.7. The molecular weight excluding hydrogens is 264 g/mol. The zero-order chi connectivity index (χ0) is 14.2. The third-order valence-corrected chi connectivity index (χ3v) is 3.24. The zero-order valence-electron chi connectivity index (χ0n) is 9.94. The Morgan fingerprint density at radius 1 is 1.00 bits per heavy atom. The molecule has 8 atom stereocenters. The van der Waals surface area contributed by atoms with Crippen LogP contribution >= 0.6 is 0 Å². The second kappa shape index (κ2) is 5.95. The molecule has 0 saturated carbocycles. The SMILES string of the molecule is OC[C@H]1O[C@H](O[C@@H]2[C@@H](O)[C@H](O)OC[C@H]2O)[C@@H](O)[C@@H]1O. The molecule has 19 heavy (non-hydrogen) atoms. The second-order valence-corrected chi connectivity index (χ2v) is 4.59. The predicted molar refractivity (Wildman–Crippen MR) is 56.6 cm³/mol. The van der Waals surface area contributed by atoms with Crippen LogP contribution in [0.4, 0.5) is 0 Å². The maximum Gasteiger partial charge on any atom is 0.187 e. The van der Waals surface area contributed by atoms with Crippen molar-refractivity contribution >= 4 is 0 Å². The van der Waals surface area contributed by atoms with Gasteiger partial charge in [0.25, 0.3) is 0 Å². The topological polar surface area (TPSA) is 149 Å². The highest BCUT2D eigenvalue weighted by atomic mass is 16.7. The molecule has 2 aliphatic heterocycles. The van der Waals surface area contributed by atoms with Crippen LogP contribution < -0.4 is 0 Å². The Balaban J connectivity index is 2.00. The lowest BCUT2D eigenvalue weighted by molar-refractivity contribution is -0.298. The average molecular weight is 282 g/mol. The quantitative estimate of drug-likeness (QED) is 0.303. The van der Waals surface area contributed by atoms with Gasteiger partial charge in [0, 0.05) is 0 Å². The Morgan fingerprint density at radius 2 is 1.68 bits per heavy atom. The lowest BCUT2D eigenvalue weighted by atomic mass is 10.0. The van der Waals surface area contributed by atoms with Gasteiger partial charge >= 0.3 is 0 Å². The van der Waals surface area contributed by atoms with Crippen molar-refractivity contribution in [1.82, 2.24) is 0 Å². The molecule has 0 spiro atoms. The van der Waals surface area contributed by atoms with Gasteiger partial charge < -0.3 is 44.8 Å². The number of hydrogen-bond donors (Lipinski definition) is 6. The summed E-state index contributed by atoms with van der Waals surface area (Å²) in [6.45, 7) is -0.767. The molecule has 0 radical (unpaired) electrons. The van der Waals surface area contributed by atoms with E-state index in [1.54, 1.807) is 0 Å². The lowest BCUT2D eigenvalue weighted by Crippen LogP contribution is -2.56. The Labute approximate surface area is 108 Å². The van der Waals surface area contributed by atoms with E-state index in [-0.39, 0.29) is 6.61 Å². The van der Waals surface area contributed by atoms with Gasteiger partial charge in [0.05, 0.1) is 13.2 Å². The number of hydrogen-bond acceptors (Lipinski definition) is 9. The summed E-state index contributed by atoms with van der Waals surface area (Å²) in [5.74, 6) is 0. The van der Waals surface area contributed by atoms with Crippen molar-refractivity contribution in [3.05, 3.63) is 0 Å². The van der Waals surface area contributed by atoms with Gasteiger partial charge in [0.15, 0.2) is 12.6 Å². The highest BCUT2D eigenvalue weighted by molar-refractivity contribution is 4.90. The summed E-state index contributed by atoms with van der Waals surface area (Å²) < 4.78 is 14.9. The Morgan fingerprint density at radius 3 is 2.26 bits per heavy atom. The summed E-state index contributed by atoms with van der Waals surface area (Å²) in [5.41, 5.74) is 0. The monoisotopic (exact) mass is 282 g/mol. The molecule has 2 heterocycles. The summed E-state index contributed by atoms with van der Waals surface area (Å²) in [6.07, 6.45) is -10.6. The van der Waals surface area contributed by atoms with Gasteiger partial charge in [-0.3, -0.25) is 0 Å². The van der Waals surface area contributed by atoms with E-state index in [4.69, 9.17) is 14.6 Å². The molecule has 0 aromatic carbocycles. The van der Waals surface area contributed by atoms with Crippen LogP contribution in [-0.4, -0.2) is 93.1 Å². The van der Waals surface area contributed by atoms with Gasteiger partial charge in [-0.2, -0.15) is 0 Å². The molecule has 6 N–H and O–H groups in total. The first kappa shape index (κ1) is 15.0. The summed E-state index contributed by atoms with van der Waals surface area (Å²) in [6, 6.07) is 0. The van der Waals surface area contributed by atoms with Crippen molar-refractivity contribution in [1.29, 1.82) is 0 Å². The number of rotatable bonds is 3. The molecule has 2 rings (SSSR count). The smallest absolute Gasteiger partial charge is 0.187 e. The van der Waals surface area contributed by atoms with E-state index in [0.29, 0.717) is 0 Å². The van der Waals surface area contributed by atoms with E-state index in [9.17, 15) is 25.5 Å². The van der Waals surface area contributed by atoms with Crippen LogP contribution in [0, 0.1) is 0 Å². The van der Waals surface area contributed by atoms with E-state index in [0.717, 1.165) is 0 Å². The maximum absolute atomic E-state index is 9.66. The van der Waals surface area contributed by atoms with Crippen LogP contribution in [0.25, 0.3) is 0 Å². The Bertz CT molecular complexity index is 301. The minimum atomic E-state index is -1.52. The summed E-state index contributed by atoms with van der Waals surface area (Å²) in [4.78, 5) is 0. The highest BCUT2D eigenvalue weighted by Crippen LogP contribution is 2.26. The normalized spacial score (nSPS) is 51.5. The van der Waals surface area contributed by atoms with E-state index in [1.807, 2.05) is 0 Å². The van der Waals surface area contributed by atoms with E-state index in [2.05, 4.69) is 4.74 Å². The van der Waals surface area contributed by atoms with Crippen LogP contribution in [-0.2, 0) is 14.2 Å². The van der Waals surface area contributed by atoms with Crippen molar-refractivity contribution in [2.75, 3.05) is 13.2 Å². The zero-order valence-corrected chi connectivity index (χ0v) is 9.94. The molecule has 9 heteroatoms. The molecule has 9 nitrogen and oxygen atoms in total. The van der Waals surface area contributed by atoms with Crippen molar-refractivity contribution in [3.8, 4) is 0 Å². The average Bonchev–Trinajstić information content (AvgIpc) is 2.66. The van der Waals surface area contributed by atoms with Gasteiger partial charge in [-0.15, -0.1) is 0 Å². The van der Waals surface area contributed by atoms with E-state index >= 15 is 0 Å². The van der Waals surface area contributed by atoms with Crippen LogP contribution in [0.2, 0.25) is 0 Å². The van der Waals surface area contributed by atoms with Gasteiger partial charge in [0.2, 0.25) is 0 Å². The Hall–Kier alpha value is -0.360. The van der Waals surface area contributed by atoms with Crippen LogP contribution in [0.1, 0.15) is 0 Å². The molecular formula is C10H18O9. The standard InChI is InChI=1S/C10H18O9/c11-1-4-5(13)6(14)10(18-4)19-8-3(12)2-17-9(16)7(8)15/h3-16H,1-2H2/t3-,4-,5-,6+,7-,8+,9-,10-/m1/s1. The van der Waals surface area contributed by atoms with Crippen molar-refractivity contribution < 1.29 is 44.8 Å². The predicted octanol–water partition coefficient (Wildman–Crippen LogP) is -4.12. The van der Waals surface area contributed by atoms with Crippen molar-refractivity contribution in [3.63, 3.8) is 0 Å². The molecule has 2 saturated heterocycles. The fraction of sp³-hybridized carbons (Fsp3) is 1.00. The highest BCUT2D eigenvalue weighted by Gasteiger charge is 2.47. The van der Waals surface area contributed by atoms with E-state index in [1.165, 1.54) is 0 Å². The fourth-order valence-electron chi connectivity index (χ4n) is 2.08. The molecule has 112 valence electrons. The number of aliphatic hydroxyl groups is 6. The molecule has 0 unspecified atom stereocenters. The molecule has 0 aliphatic carbocycles. The summed E-state index contributed by atoms with van der Waals surface area (Å²) in [7, 11) is 0. The van der Waals surface area contributed by atoms with Crippen LogP contribution in [0.3, 0.4) is 0 Å². The van der Waals surface area contributed by atoms with Gasteiger partial charge in [0.1, 0.15) is 36.6 Å². The van der Waals surface area contributed by atoms with Gasteiger partial charge in [-0.05, 0) is 0 Å². The third kappa shape index (κ3) is 2.89. The fourth-order valence-corrected chi connectivity index (χ4v) is 2.08. The van der Waals surface area contributed by atoms with Crippen molar-refractivity contribution in [2.24, 2.45) is 0 Å². The molecule has 0 amide bonds. The first-order valence-electron chi connectivity index (χ1n) is 5.89. The van der Waals surface area contributed by atoms with Gasteiger partial charge in [-0.1, -0.05) is 0 Å². The molecule has 0 bridgehead atoms. The van der Waals surface area contributed by atoms with Gasteiger partial charge in [-0.25, -0.2) is 0 Å². The van der Waals surface area contributed by atoms with Crippen LogP contribution in [0.5, 0.6) is 0 Å². The largest absolute Gasteiger partial charge is 0.394 e. The van der Waals surface area contributed by atoms with Crippen LogP contribution in [0.15, 0.2) is 0 Å². The molecule has 0 aromatic heterocycles. The molecule has 0 aromatic rings. The summed E-state index contributed by atoms with van der Waals surface area (Å²) >= 11 is 0. The molecule has 2 fully saturated rings. The van der Waals surface area contributed by atoms with Crippen molar-refractivity contribution in [2.45, 2.75) is 49.2 Å². The second-order valence-electron chi connectivity index (χ2n) is 4.59. The molecule has 2 aliphatic rings. The Kier molecular flexibility index (Phi) is 4.71.